The van der Waals surface area contributed by atoms with Crippen LogP contribution in [0.4, 0.5) is 0 Å². The van der Waals surface area contributed by atoms with Gasteiger partial charge in [0.1, 0.15) is 0 Å². The van der Waals surface area contributed by atoms with Crippen molar-refractivity contribution in [3.05, 3.63) is 23.8 Å². The van der Waals surface area contributed by atoms with E-state index < -0.39 is 0 Å². The number of hydrogen-bond acceptors (Lipinski definition) is 5. The van der Waals surface area contributed by atoms with Gasteiger partial charge < -0.3 is 25.3 Å². The molecule has 1 aromatic carbocycles. The van der Waals surface area contributed by atoms with E-state index >= 15 is 0 Å². The number of carbonyl (C=O) groups is 1. The first-order valence-electron chi connectivity index (χ1n) is 7.05. The van der Waals surface area contributed by atoms with Crippen LogP contribution in [0.15, 0.2) is 18.2 Å². The molecule has 0 spiro atoms. The van der Waals surface area contributed by atoms with Crippen molar-refractivity contribution < 1.29 is 19.0 Å². The first kappa shape index (κ1) is 14.2. The summed E-state index contributed by atoms with van der Waals surface area (Å²) in [7, 11) is 3.10. The molecule has 0 aromatic heterocycles. The zero-order valence-electron chi connectivity index (χ0n) is 12.2. The zero-order valence-corrected chi connectivity index (χ0v) is 12.2. The van der Waals surface area contributed by atoms with E-state index in [-0.39, 0.29) is 24.1 Å². The zero-order chi connectivity index (χ0) is 15.0. The van der Waals surface area contributed by atoms with Gasteiger partial charge in [-0.25, -0.2) is 0 Å². The van der Waals surface area contributed by atoms with Gasteiger partial charge in [0.05, 0.1) is 26.4 Å². The van der Waals surface area contributed by atoms with Gasteiger partial charge in [0, 0.05) is 24.1 Å². The van der Waals surface area contributed by atoms with Gasteiger partial charge in [-0.2, -0.15) is 0 Å². The minimum absolute atomic E-state index is 0.0263. The maximum atomic E-state index is 12.3. The summed E-state index contributed by atoms with van der Waals surface area (Å²) >= 11 is 0. The molecule has 4 unspecified atom stereocenters. The van der Waals surface area contributed by atoms with E-state index in [1.165, 1.54) is 0 Å². The maximum absolute atomic E-state index is 12.3. The van der Waals surface area contributed by atoms with Gasteiger partial charge in [0.15, 0.2) is 11.5 Å². The Balaban J connectivity index is 1.71. The number of ether oxygens (including phenoxy) is 3. The second-order valence-electron chi connectivity index (χ2n) is 5.43. The molecule has 0 radical (unpaired) electrons. The molecular weight excluding hydrogens is 272 g/mol. The van der Waals surface area contributed by atoms with Crippen molar-refractivity contribution in [1.29, 1.82) is 0 Å². The van der Waals surface area contributed by atoms with Gasteiger partial charge in [-0.05, 0) is 24.6 Å². The van der Waals surface area contributed by atoms with Crippen LogP contribution in [0.5, 0.6) is 11.5 Å². The Hall–Kier alpha value is -1.79. The smallest absolute Gasteiger partial charge is 0.251 e. The highest BCUT2D eigenvalue weighted by Crippen LogP contribution is 2.38. The Morgan fingerprint density at radius 1 is 1.33 bits per heavy atom. The topological polar surface area (TPSA) is 82.8 Å². The highest BCUT2D eigenvalue weighted by molar-refractivity contribution is 5.95. The van der Waals surface area contributed by atoms with Crippen LogP contribution in [0, 0.1) is 5.92 Å². The van der Waals surface area contributed by atoms with Crippen molar-refractivity contribution in [2.75, 3.05) is 20.8 Å². The first-order valence-corrected chi connectivity index (χ1v) is 7.05. The third-order valence-electron chi connectivity index (χ3n) is 4.39. The number of rotatable bonds is 4. The molecule has 2 fully saturated rings. The van der Waals surface area contributed by atoms with Gasteiger partial charge >= 0.3 is 0 Å². The predicted octanol–water partition coefficient (Wildman–Crippen LogP) is 0.548. The quantitative estimate of drug-likeness (QED) is 0.847. The predicted molar refractivity (Wildman–Crippen MR) is 76.6 cm³/mol. The number of methoxy groups -OCH3 is 2. The average molecular weight is 292 g/mol. The molecule has 1 saturated heterocycles. The van der Waals surface area contributed by atoms with Gasteiger partial charge in [-0.3, -0.25) is 4.79 Å². The number of fused-ring (bicyclic) bond motifs is 1. The maximum Gasteiger partial charge on any atom is 0.251 e. The molecular formula is C15H20N2O4. The minimum Gasteiger partial charge on any atom is -0.493 e. The first-order chi connectivity index (χ1) is 10.2. The van der Waals surface area contributed by atoms with Gasteiger partial charge in [0.25, 0.3) is 5.91 Å². The molecule has 4 atom stereocenters. The molecule has 1 amide bonds. The van der Waals surface area contributed by atoms with E-state index in [0.29, 0.717) is 23.0 Å². The summed E-state index contributed by atoms with van der Waals surface area (Å²) in [6, 6.07) is 4.93. The molecule has 2 aliphatic rings. The lowest BCUT2D eigenvalue weighted by Gasteiger charge is -2.45. The fourth-order valence-corrected chi connectivity index (χ4v) is 3.14. The Labute approximate surface area is 123 Å². The van der Waals surface area contributed by atoms with Crippen molar-refractivity contribution in [2.24, 2.45) is 11.7 Å². The van der Waals surface area contributed by atoms with Crippen LogP contribution >= 0.6 is 0 Å². The molecule has 21 heavy (non-hydrogen) atoms. The Morgan fingerprint density at radius 3 is 2.81 bits per heavy atom. The summed E-state index contributed by atoms with van der Waals surface area (Å²) in [6.07, 6.45) is 1.04. The molecule has 3 rings (SSSR count). The Kier molecular flexibility index (Phi) is 3.73. The molecule has 114 valence electrons. The normalized spacial score (nSPS) is 30.2. The van der Waals surface area contributed by atoms with Crippen molar-refractivity contribution >= 4 is 5.91 Å². The summed E-state index contributed by atoms with van der Waals surface area (Å²) in [5.74, 6) is 1.32. The SMILES string of the molecule is COc1ccc(C(=O)NC2C(N)C3CCOC32)cc1OC. The minimum atomic E-state index is -0.176. The number of hydrogen-bond donors (Lipinski definition) is 2. The van der Waals surface area contributed by atoms with E-state index in [1.807, 2.05) is 0 Å². The van der Waals surface area contributed by atoms with Crippen LogP contribution in [-0.2, 0) is 4.74 Å². The molecule has 1 saturated carbocycles. The Bertz CT molecular complexity index is 548. The van der Waals surface area contributed by atoms with Crippen molar-refractivity contribution in [3.8, 4) is 11.5 Å². The second kappa shape index (κ2) is 5.54. The number of nitrogens with two attached hydrogens (primary N) is 1. The molecule has 3 N–H and O–H groups in total. The standard InChI is InChI=1S/C15H20N2O4/c1-19-10-4-3-8(7-11(10)20-2)15(18)17-13-12(16)9-5-6-21-14(9)13/h3-4,7,9,12-14H,5-6,16H2,1-2H3,(H,17,18). The summed E-state index contributed by atoms with van der Waals surface area (Å²) < 4.78 is 16.0. The summed E-state index contributed by atoms with van der Waals surface area (Å²) in [4.78, 5) is 12.3. The number of nitrogens with one attached hydrogen (secondary N) is 1. The number of carbonyl (C=O) groups excluding carboxylic acids is 1. The fourth-order valence-electron chi connectivity index (χ4n) is 3.14. The van der Waals surface area contributed by atoms with Crippen LogP contribution in [-0.4, -0.2) is 44.9 Å². The summed E-state index contributed by atoms with van der Waals surface area (Å²) in [6.45, 7) is 0.728. The third-order valence-corrected chi connectivity index (χ3v) is 4.39. The van der Waals surface area contributed by atoms with Crippen molar-refractivity contribution in [2.45, 2.75) is 24.6 Å². The second-order valence-corrected chi connectivity index (χ2v) is 5.43. The summed E-state index contributed by atoms with van der Waals surface area (Å²) in [5, 5.41) is 2.96. The Morgan fingerprint density at radius 2 is 2.10 bits per heavy atom. The van der Waals surface area contributed by atoms with Crippen LogP contribution < -0.4 is 20.5 Å². The molecule has 1 aromatic rings. The average Bonchev–Trinajstić information content (AvgIpc) is 2.96. The van der Waals surface area contributed by atoms with E-state index in [1.54, 1.807) is 32.4 Å². The molecule has 6 nitrogen and oxygen atoms in total. The molecule has 6 heteroatoms. The third kappa shape index (κ3) is 2.34. The van der Waals surface area contributed by atoms with Crippen LogP contribution in [0.3, 0.4) is 0 Å². The summed E-state index contributed by atoms with van der Waals surface area (Å²) in [5.41, 5.74) is 6.61. The van der Waals surface area contributed by atoms with Gasteiger partial charge in [0.2, 0.25) is 0 Å². The molecule has 1 heterocycles. The van der Waals surface area contributed by atoms with Gasteiger partial charge in [-0.1, -0.05) is 0 Å². The highest BCUT2D eigenvalue weighted by atomic mass is 16.5. The lowest BCUT2D eigenvalue weighted by atomic mass is 9.72. The van der Waals surface area contributed by atoms with E-state index in [2.05, 4.69) is 5.32 Å². The van der Waals surface area contributed by atoms with Crippen LogP contribution in [0.2, 0.25) is 0 Å². The lowest BCUT2D eigenvalue weighted by molar-refractivity contribution is -0.0161. The highest BCUT2D eigenvalue weighted by Gasteiger charge is 2.52. The van der Waals surface area contributed by atoms with E-state index in [0.717, 1.165) is 13.0 Å². The van der Waals surface area contributed by atoms with Crippen LogP contribution in [0.25, 0.3) is 0 Å². The largest absolute Gasteiger partial charge is 0.493 e. The van der Waals surface area contributed by atoms with Crippen molar-refractivity contribution in [1.82, 2.24) is 5.32 Å². The fraction of sp³-hybridized carbons (Fsp3) is 0.533. The molecule has 0 bridgehead atoms. The van der Waals surface area contributed by atoms with E-state index in [4.69, 9.17) is 19.9 Å². The van der Waals surface area contributed by atoms with Crippen molar-refractivity contribution in [3.63, 3.8) is 0 Å². The number of amides is 1. The molecule has 1 aliphatic heterocycles. The molecule has 1 aliphatic carbocycles. The number of benzene rings is 1. The van der Waals surface area contributed by atoms with E-state index in [9.17, 15) is 4.79 Å². The van der Waals surface area contributed by atoms with Gasteiger partial charge in [-0.15, -0.1) is 0 Å². The van der Waals surface area contributed by atoms with Crippen LogP contribution in [0.1, 0.15) is 16.8 Å². The lowest BCUT2D eigenvalue weighted by Crippen LogP contribution is -2.68. The monoisotopic (exact) mass is 292 g/mol.